The molecule has 1 heterocycles. The van der Waals surface area contributed by atoms with Crippen molar-refractivity contribution in [3.63, 3.8) is 0 Å². The van der Waals surface area contributed by atoms with Crippen LogP contribution in [0.3, 0.4) is 0 Å². The van der Waals surface area contributed by atoms with Gasteiger partial charge in [-0.3, -0.25) is 14.3 Å². The molecule has 2 rings (SSSR count). The highest BCUT2D eigenvalue weighted by molar-refractivity contribution is 9.10. The minimum Gasteiger partial charge on any atom is -0.365 e. The Hall–Kier alpha value is -1.82. The minimum absolute atomic E-state index is 0.0348. The zero-order chi connectivity index (χ0) is 15.6. The molecule has 1 unspecified atom stereocenters. The van der Waals surface area contributed by atoms with Crippen LogP contribution in [0.1, 0.15) is 38.4 Å². The molecule has 1 aromatic carbocycles. The highest BCUT2D eigenvalue weighted by atomic mass is 79.9. The third-order valence-electron chi connectivity index (χ3n) is 3.20. The van der Waals surface area contributed by atoms with Gasteiger partial charge in [0.05, 0.1) is 0 Å². The highest BCUT2D eigenvalue weighted by Gasteiger charge is 2.10. The van der Waals surface area contributed by atoms with E-state index in [4.69, 9.17) is 0 Å². The van der Waals surface area contributed by atoms with Crippen LogP contribution in [0.15, 0.2) is 44.4 Å². The summed E-state index contributed by atoms with van der Waals surface area (Å²) < 4.78 is 2.17. The number of rotatable bonds is 4. The van der Waals surface area contributed by atoms with Crippen molar-refractivity contribution in [3.05, 3.63) is 61.2 Å². The van der Waals surface area contributed by atoms with Gasteiger partial charge in [0.15, 0.2) is 0 Å². The fourth-order valence-electron chi connectivity index (χ4n) is 2.16. The lowest BCUT2D eigenvalue weighted by Crippen LogP contribution is -2.36. The van der Waals surface area contributed by atoms with Crippen LogP contribution in [-0.4, -0.2) is 9.55 Å². The van der Waals surface area contributed by atoms with Gasteiger partial charge in [0.1, 0.15) is 5.82 Å². The van der Waals surface area contributed by atoms with Gasteiger partial charge in [-0.1, -0.05) is 28.1 Å². The Morgan fingerprint density at radius 2 is 1.90 bits per heavy atom. The number of hydrogen-bond acceptors (Lipinski definition) is 3. The summed E-state index contributed by atoms with van der Waals surface area (Å²) in [6, 6.07) is 9.07. The third-order valence-corrected chi connectivity index (χ3v) is 3.70. The second kappa shape index (κ2) is 6.30. The molecule has 2 N–H and O–H groups in total. The molecule has 0 spiro atoms. The highest BCUT2D eigenvalue weighted by Crippen LogP contribution is 2.20. The Labute approximate surface area is 131 Å². The molecule has 5 nitrogen and oxygen atoms in total. The summed E-state index contributed by atoms with van der Waals surface area (Å²) >= 11 is 3.43. The molecule has 0 fully saturated rings. The van der Waals surface area contributed by atoms with Crippen LogP contribution in [0, 0.1) is 0 Å². The number of halogens is 1. The molecule has 1 atom stereocenters. The largest absolute Gasteiger partial charge is 0.365 e. The van der Waals surface area contributed by atoms with Gasteiger partial charge in [-0.15, -0.1) is 0 Å². The maximum Gasteiger partial charge on any atom is 0.330 e. The second-order valence-corrected chi connectivity index (χ2v) is 6.13. The summed E-state index contributed by atoms with van der Waals surface area (Å²) in [5, 5.41) is 3.14. The number of aromatic nitrogens is 2. The van der Waals surface area contributed by atoms with E-state index in [9.17, 15) is 9.59 Å². The molecule has 21 heavy (non-hydrogen) atoms. The number of benzene rings is 1. The average molecular weight is 352 g/mol. The summed E-state index contributed by atoms with van der Waals surface area (Å²) in [5.74, 6) is 0.425. The van der Waals surface area contributed by atoms with Crippen LogP contribution in [0.25, 0.3) is 0 Å². The molecule has 0 aliphatic rings. The number of nitrogens with one attached hydrogen (secondary N) is 2. The van der Waals surface area contributed by atoms with Crippen molar-refractivity contribution in [3.8, 4) is 0 Å². The van der Waals surface area contributed by atoms with Crippen LogP contribution in [0.2, 0.25) is 0 Å². The zero-order valence-corrected chi connectivity index (χ0v) is 13.8. The van der Waals surface area contributed by atoms with Crippen molar-refractivity contribution < 1.29 is 0 Å². The van der Waals surface area contributed by atoms with E-state index in [0.717, 1.165) is 10.0 Å². The maximum atomic E-state index is 12.0. The number of hydrogen-bond donors (Lipinski definition) is 2. The lowest BCUT2D eigenvalue weighted by Gasteiger charge is -2.16. The predicted molar refractivity (Wildman–Crippen MR) is 87.9 cm³/mol. The maximum absolute atomic E-state index is 12.0. The Balaban J connectivity index is 2.28. The average Bonchev–Trinajstić information content (AvgIpc) is 2.37. The molecule has 2 aromatic rings. The van der Waals surface area contributed by atoms with Gasteiger partial charge in [-0.05, 0) is 38.5 Å². The van der Waals surface area contributed by atoms with Gasteiger partial charge in [-0.2, -0.15) is 0 Å². The normalized spacial score (nSPS) is 12.4. The SMILES string of the molecule is CC(Nc1cc(=O)n(C(C)C)c(=O)[nH]1)c1cccc(Br)c1. The Kier molecular flexibility index (Phi) is 4.67. The van der Waals surface area contributed by atoms with Crippen LogP contribution in [0.5, 0.6) is 0 Å². The van der Waals surface area contributed by atoms with E-state index >= 15 is 0 Å². The summed E-state index contributed by atoms with van der Waals surface area (Å²) in [6.45, 7) is 5.57. The fourth-order valence-corrected chi connectivity index (χ4v) is 2.58. The molecule has 0 aliphatic carbocycles. The summed E-state index contributed by atoms with van der Waals surface area (Å²) in [5.41, 5.74) is 0.345. The lowest BCUT2D eigenvalue weighted by molar-refractivity contribution is 0.546. The molecule has 1 aromatic heterocycles. The number of aromatic amines is 1. The Morgan fingerprint density at radius 3 is 2.48 bits per heavy atom. The molecule has 6 heteroatoms. The first-order valence-electron chi connectivity index (χ1n) is 6.76. The van der Waals surface area contributed by atoms with E-state index < -0.39 is 5.69 Å². The van der Waals surface area contributed by atoms with Crippen molar-refractivity contribution in [2.24, 2.45) is 0 Å². The Morgan fingerprint density at radius 1 is 1.19 bits per heavy atom. The first-order valence-corrected chi connectivity index (χ1v) is 7.55. The molecule has 112 valence electrons. The van der Waals surface area contributed by atoms with Crippen LogP contribution >= 0.6 is 15.9 Å². The first kappa shape index (κ1) is 15.6. The molecule has 0 amide bonds. The second-order valence-electron chi connectivity index (χ2n) is 5.21. The molecule has 0 radical (unpaired) electrons. The van der Waals surface area contributed by atoms with Gasteiger partial charge in [0.25, 0.3) is 5.56 Å². The van der Waals surface area contributed by atoms with E-state index in [1.807, 2.05) is 31.2 Å². The summed E-state index contributed by atoms with van der Waals surface area (Å²) in [7, 11) is 0. The predicted octanol–water partition coefficient (Wildman–Crippen LogP) is 3.05. The smallest absolute Gasteiger partial charge is 0.330 e. The van der Waals surface area contributed by atoms with E-state index in [1.54, 1.807) is 13.8 Å². The van der Waals surface area contributed by atoms with Gasteiger partial charge in [-0.25, -0.2) is 4.79 Å². The van der Waals surface area contributed by atoms with Gasteiger partial charge >= 0.3 is 5.69 Å². The van der Waals surface area contributed by atoms with Gasteiger partial charge in [0, 0.05) is 22.6 Å². The monoisotopic (exact) mass is 351 g/mol. The van der Waals surface area contributed by atoms with Crippen LogP contribution in [0.4, 0.5) is 5.82 Å². The molecule has 0 aliphatic heterocycles. The van der Waals surface area contributed by atoms with E-state index in [-0.39, 0.29) is 17.6 Å². The van der Waals surface area contributed by atoms with Crippen molar-refractivity contribution >= 4 is 21.7 Å². The molecule has 0 saturated heterocycles. The summed E-state index contributed by atoms with van der Waals surface area (Å²) in [6.07, 6.45) is 0. The summed E-state index contributed by atoms with van der Waals surface area (Å²) in [4.78, 5) is 26.6. The minimum atomic E-state index is -0.401. The molecular formula is C15H18BrN3O2. The fraction of sp³-hybridized carbons (Fsp3) is 0.333. The molecular weight excluding hydrogens is 334 g/mol. The van der Waals surface area contributed by atoms with Crippen molar-refractivity contribution in [1.82, 2.24) is 9.55 Å². The topological polar surface area (TPSA) is 66.9 Å². The van der Waals surface area contributed by atoms with Crippen molar-refractivity contribution in [1.29, 1.82) is 0 Å². The van der Waals surface area contributed by atoms with Crippen LogP contribution in [-0.2, 0) is 0 Å². The number of anilines is 1. The first-order chi connectivity index (χ1) is 9.88. The quantitative estimate of drug-likeness (QED) is 0.889. The van der Waals surface area contributed by atoms with Crippen molar-refractivity contribution in [2.45, 2.75) is 32.9 Å². The van der Waals surface area contributed by atoms with E-state index in [2.05, 4.69) is 26.2 Å². The number of H-pyrrole nitrogens is 1. The van der Waals surface area contributed by atoms with Gasteiger partial charge < -0.3 is 5.32 Å². The van der Waals surface area contributed by atoms with Crippen molar-refractivity contribution in [2.75, 3.05) is 5.32 Å². The van der Waals surface area contributed by atoms with Gasteiger partial charge in [0.2, 0.25) is 0 Å². The Bertz CT molecular complexity index is 718. The lowest BCUT2D eigenvalue weighted by atomic mass is 10.1. The van der Waals surface area contributed by atoms with E-state index in [0.29, 0.717) is 5.82 Å². The van der Waals surface area contributed by atoms with E-state index in [1.165, 1.54) is 10.6 Å². The molecule has 0 saturated carbocycles. The zero-order valence-electron chi connectivity index (χ0n) is 12.2. The molecule has 0 bridgehead atoms. The standard InChI is InChI=1S/C15H18BrN3O2/c1-9(2)19-14(20)8-13(18-15(19)21)17-10(3)11-5-4-6-12(16)7-11/h4-10,17H,1-3H3,(H,18,21). The van der Waals surface area contributed by atoms with Crippen LogP contribution < -0.4 is 16.6 Å². The third kappa shape index (κ3) is 3.64. The number of nitrogens with zero attached hydrogens (tertiary/aromatic N) is 1.